The second-order valence-corrected chi connectivity index (χ2v) is 11.2. The van der Waals surface area contributed by atoms with Crippen molar-refractivity contribution in [1.82, 2.24) is 0 Å². The van der Waals surface area contributed by atoms with E-state index in [4.69, 9.17) is 0 Å². The van der Waals surface area contributed by atoms with E-state index in [2.05, 4.69) is 96.9 Å². The fraction of sp³-hybridized carbons (Fsp3) is 0.833. The van der Waals surface area contributed by atoms with Gasteiger partial charge in [0.15, 0.2) is 0 Å². The lowest BCUT2D eigenvalue weighted by molar-refractivity contribution is -0.203. The molecule has 2 aliphatic rings. The minimum atomic E-state index is 0.135. The Morgan fingerprint density at radius 2 is 0.750 bits per heavy atom. The Labute approximate surface area is 152 Å². The summed E-state index contributed by atoms with van der Waals surface area (Å²) in [4.78, 5) is 0. The summed E-state index contributed by atoms with van der Waals surface area (Å²) in [5.74, 6) is 0. The van der Waals surface area contributed by atoms with Crippen LogP contribution >= 0.6 is 0 Å². The predicted molar refractivity (Wildman–Crippen MR) is 108 cm³/mol. The van der Waals surface area contributed by atoms with E-state index in [9.17, 15) is 0 Å². The summed E-state index contributed by atoms with van der Waals surface area (Å²) in [6, 6.07) is 0. The molecule has 0 spiro atoms. The molecule has 0 radical (unpaired) electrons. The zero-order valence-corrected chi connectivity index (χ0v) is 19.0. The molecular weight excluding hydrogens is 288 g/mol. The Morgan fingerprint density at radius 1 is 0.417 bits per heavy atom. The van der Waals surface area contributed by atoms with Gasteiger partial charge in [-0.15, -0.1) is 0 Å². The molecule has 0 aromatic carbocycles. The van der Waals surface area contributed by atoms with Crippen LogP contribution in [-0.2, 0) is 0 Å². The van der Waals surface area contributed by atoms with Crippen LogP contribution in [0.25, 0.3) is 0 Å². The first kappa shape index (κ1) is 19.8. The number of hydrogen-bond donors (Lipinski definition) is 0. The molecule has 2 aliphatic carbocycles. The van der Waals surface area contributed by atoms with E-state index in [1.54, 1.807) is 22.3 Å². The lowest BCUT2D eigenvalue weighted by atomic mass is 9.27. The second-order valence-electron chi connectivity index (χ2n) is 11.2. The van der Waals surface area contributed by atoms with Crippen molar-refractivity contribution in [1.29, 1.82) is 0 Å². The number of rotatable bonds is 0. The Kier molecular flexibility index (Phi) is 3.80. The van der Waals surface area contributed by atoms with Crippen LogP contribution in [0.2, 0.25) is 0 Å². The van der Waals surface area contributed by atoms with E-state index in [1.807, 2.05) is 0 Å². The molecule has 2 rings (SSSR count). The molecule has 24 heavy (non-hydrogen) atoms. The highest BCUT2D eigenvalue weighted by Gasteiger charge is 2.74. The largest absolute Gasteiger partial charge is 0.0676 e. The molecule has 2 unspecified atom stereocenters. The van der Waals surface area contributed by atoms with Gasteiger partial charge in [0.2, 0.25) is 0 Å². The van der Waals surface area contributed by atoms with Gasteiger partial charge in [0.25, 0.3) is 0 Å². The zero-order valence-electron chi connectivity index (χ0n) is 19.0. The SMILES string of the molecule is CC1=C(C)C2(C)C(C)(C)C(C)=C(C)C(C)(C)C2(C)C(C)(C)C1(C)C. The van der Waals surface area contributed by atoms with E-state index in [-0.39, 0.29) is 32.5 Å². The lowest BCUT2D eigenvalue weighted by Gasteiger charge is -2.77. The predicted octanol–water partition coefficient (Wildman–Crippen LogP) is 7.80. The van der Waals surface area contributed by atoms with Gasteiger partial charge in [0, 0.05) is 5.41 Å². The third-order valence-corrected chi connectivity index (χ3v) is 11.0. The molecule has 0 saturated carbocycles. The van der Waals surface area contributed by atoms with Gasteiger partial charge in [0.05, 0.1) is 0 Å². The van der Waals surface area contributed by atoms with Gasteiger partial charge in [-0.1, -0.05) is 91.5 Å². The van der Waals surface area contributed by atoms with Crippen molar-refractivity contribution in [2.24, 2.45) is 32.5 Å². The van der Waals surface area contributed by atoms with Crippen LogP contribution in [-0.4, -0.2) is 0 Å². The van der Waals surface area contributed by atoms with Crippen molar-refractivity contribution in [3.8, 4) is 0 Å². The zero-order chi connectivity index (χ0) is 19.3. The van der Waals surface area contributed by atoms with Gasteiger partial charge in [-0.2, -0.15) is 0 Å². The summed E-state index contributed by atoms with van der Waals surface area (Å²) in [7, 11) is 0. The number of hydrogen-bond acceptors (Lipinski definition) is 0. The van der Waals surface area contributed by atoms with Crippen molar-refractivity contribution in [3.05, 3.63) is 22.3 Å². The average Bonchev–Trinajstić information content (AvgIpc) is 2.46. The van der Waals surface area contributed by atoms with E-state index >= 15 is 0 Å². The maximum atomic E-state index is 2.60. The molecule has 0 aliphatic heterocycles. The molecule has 0 aromatic rings. The van der Waals surface area contributed by atoms with Crippen LogP contribution in [0.4, 0.5) is 0 Å². The molecule has 0 bridgehead atoms. The minimum absolute atomic E-state index is 0.135. The van der Waals surface area contributed by atoms with Crippen LogP contribution in [0, 0.1) is 32.5 Å². The van der Waals surface area contributed by atoms with Crippen LogP contribution in [0.1, 0.15) is 96.9 Å². The van der Waals surface area contributed by atoms with Crippen molar-refractivity contribution in [2.45, 2.75) is 96.9 Å². The summed E-state index contributed by atoms with van der Waals surface area (Å²) < 4.78 is 0. The highest BCUT2D eigenvalue weighted by molar-refractivity contribution is 5.47. The second kappa shape index (κ2) is 4.60. The summed E-state index contributed by atoms with van der Waals surface area (Å²) in [5.41, 5.74) is 7.39. The number of fused-ring (bicyclic) bond motifs is 1. The third-order valence-electron chi connectivity index (χ3n) is 11.0. The standard InChI is InChI=1S/C24H42/c1-15-16(2)21(9,10)24(14)22(11,12)19(5,6)17(3)18(4)23(24,13)20(15,7)8/h1-14H3. The molecule has 0 heterocycles. The third kappa shape index (κ3) is 1.54. The molecular formula is C24H42. The molecule has 2 atom stereocenters. The van der Waals surface area contributed by atoms with Crippen LogP contribution < -0.4 is 0 Å². The monoisotopic (exact) mass is 330 g/mol. The molecule has 138 valence electrons. The quantitative estimate of drug-likeness (QED) is 0.397. The Morgan fingerprint density at radius 3 is 1.17 bits per heavy atom. The van der Waals surface area contributed by atoms with Gasteiger partial charge in [0.1, 0.15) is 0 Å². The maximum absolute atomic E-state index is 2.60. The van der Waals surface area contributed by atoms with Crippen LogP contribution in [0.5, 0.6) is 0 Å². The van der Waals surface area contributed by atoms with Crippen molar-refractivity contribution < 1.29 is 0 Å². The van der Waals surface area contributed by atoms with E-state index in [0.29, 0.717) is 0 Å². The van der Waals surface area contributed by atoms with Gasteiger partial charge in [-0.05, 0) is 54.8 Å². The fourth-order valence-electron chi connectivity index (χ4n) is 7.12. The molecule has 0 saturated heterocycles. The van der Waals surface area contributed by atoms with E-state index in [1.165, 1.54) is 0 Å². The van der Waals surface area contributed by atoms with E-state index in [0.717, 1.165) is 0 Å². The highest BCUT2D eigenvalue weighted by atomic mass is 14.8. The summed E-state index contributed by atoms with van der Waals surface area (Å²) >= 11 is 0. The molecule has 0 fully saturated rings. The smallest absolute Gasteiger partial charge is 0.00392 e. The normalized spacial score (nSPS) is 39.8. The van der Waals surface area contributed by atoms with Crippen LogP contribution in [0.15, 0.2) is 22.3 Å². The molecule has 0 heteroatoms. The topological polar surface area (TPSA) is 0 Å². The highest BCUT2D eigenvalue weighted by Crippen LogP contribution is 2.81. The lowest BCUT2D eigenvalue weighted by Crippen LogP contribution is -2.70. The first-order valence-corrected chi connectivity index (χ1v) is 9.75. The van der Waals surface area contributed by atoms with Crippen molar-refractivity contribution in [2.75, 3.05) is 0 Å². The van der Waals surface area contributed by atoms with Gasteiger partial charge < -0.3 is 0 Å². The minimum Gasteiger partial charge on any atom is -0.0676 e. The van der Waals surface area contributed by atoms with Gasteiger partial charge in [-0.25, -0.2) is 0 Å². The fourth-order valence-corrected chi connectivity index (χ4v) is 7.12. The maximum Gasteiger partial charge on any atom is 0.00392 e. The summed E-state index contributed by atoms with van der Waals surface area (Å²) in [6.07, 6.45) is 0. The Hall–Kier alpha value is -0.520. The number of allylic oxidation sites excluding steroid dienone is 4. The van der Waals surface area contributed by atoms with E-state index < -0.39 is 0 Å². The first-order chi connectivity index (χ1) is 10.4. The van der Waals surface area contributed by atoms with Crippen molar-refractivity contribution >= 4 is 0 Å². The molecule has 0 aromatic heterocycles. The van der Waals surface area contributed by atoms with Gasteiger partial charge in [-0.3, -0.25) is 0 Å². The average molecular weight is 331 g/mol. The molecule has 0 amide bonds. The summed E-state index contributed by atoms with van der Waals surface area (Å²) in [6.45, 7) is 34.8. The molecule has 0 nitrogen and oxygen atoms in total. The van der Waals surface area contributed by atoms with Gasteiger partial charge >= 0.3 is 0 Å². The summed E-state index contributed by atoms with van der Waals surface area (Å²) in [5, 5.41) is 0. The van der Waals surface area contributed by atoms with Crippen molar-refractivity contribution in [3.63, 3.8) is 0 Å². The Bertz CT molecular complexity index is 648. The van der Waals surface area contributed by atoms with Crippen LogP contribution in [0.3, 0.4) is 0 Å². The first-order valence-electron chi connectivity index (χ1n) is 9.75. The Balaban J connectivity index is 3.15. The molecule has 0 N–H and O–H groups in total.